The molecule has 21 heavy (non-hydrogen) atoms. The Kier molecular flexibility index (Phi) is 5.82. The highest BCUT2D eigenvalue weighted by Crippen LogP contribution is 2.23. The van der Waals surface area contributed by atoms with Crippen LogP contribution in [0, 0.1) is 11.6 Å². The molecule has 1 atom stereocenters. The molecule has 2 aromatic rings. The largest absolute Gasteiger partial charge is 0.310 e. The fourth-order valence-electron chi connectivity index (χ4n) is 2.18. The summed E-state index contributed by atoms with van der Waals surface area (Å²) >= 11 is 3.18. The number of rotatable bonds is 6. The van der Waals surface area contributed by atoms with E-state index >= 15 is 0 Å². The molecule has 5 heteroatoms. The lowest BCUT2D eigenvalue weighted by Crippen LogP contribution is -2.25. The normalized spacial score (nSPS) is 12.4. The van der Waals surface area contributed by atoms with Crippen LogP contribution in [0.3, 0.4) is 0 Å². The van der Waals surface area contributed by atoms with Gasteiger partial charge < -0.3 is 5.32 Å². The number of nitrogens with zero attached hydrogens (tertiary/aromatic N) is 1. The van der Waals surface area contributed by atoms with Crippen LogP contribution in [0.2, 0.25) is 0 Å². The summed E-state index contributed by atoms with van der Waals surface area (Å²) in [5.41, 5.74) is 1.52. The van der Waals surface area contributed by atoms with Gasteiger partial charge in [-0.2, -0.15) is 0 Å². The zero-order valence-corrected chi connectivity index (χ0v) is 13.3. The molecule has 1 aromatic carbocycles. The Bertz CT molecular complexity index is 605. The minimum atomic E-state index is -0.327. The number of aromatic nitrogens is 1. The standard InChI is InChI=1S/C16H17BrF2N2/c1-2-6-21-16(12-5-7-20-10-15(12)19)9-11-3-4-14(18)13(17)8-11/h3-5,7-8,10,16,21H,2,6,9H2,1H3. The van der Waals surface area contributed by atoms with Crippen molar-refractivity contribution in [1.82, 2.24) is 10.3 Å². The fourth-order valence-corrected chi connectivity index (χ4v) is 2.61. The maximum Gasteiger partial charge on any atom is 0.146 e. The molecule has 2 nitrogen and oxygen atoms in total. The quantitative estimate of drug-likeness (QED) is 0.831. The predicted molar refractivity (Wildman–Crippen MR) is 83.0 cm³/mol. The van der Waals surface area contributed by atoms with Crippen LogP contribution < -0.4 is 5.32 Å². The number of halogens is 3. The summed E-state index contributed by atoms with van der Waals surface area (Å²) in [6, 6.07) is 6.39. The summed E-state index contributed by atoms with van der Waals surface area (Å²) in [4.78, 5) is 3.78. The monoisotopic (exact) mass is 354 g/mol. The third kappa shape index (κ3) is 4.32. The van der Waals surface area contributed by atoms with Crippen molar-refractivity contribution in [3.05, 3.63) is 63.9 Å². The molecule has 0 aliphatic rings. The molecule has 0 aliphatic heterocycles. The van der Waals surface area contributed by atoms with E-state index in [4.69, 9.17) is 0 Å². The maximum absolute atomic E-state index is 13.9. The van der Waals surface area contributed by atoms with Crippen LogP contribution in [0.1, 0.15) is 30.5 Å². The molecule has 0 fully saturated rings. The van der Waals surface area contributed by atoms with Crippen LogP contribution in [0.15, 0.2) is 41.1 Å². The van der Waals surface area contributed by atoms with Gasteiger partial charge in [0.25, 0.3) is 0 Å². The Hall–Kier alpha value is -1.33. The first-order valence-electron chi connectivity index (χ1n) is 6.88. The van der Waals surface area contributed by atoms with Gasteiger partial charge in [0.1, 0.15) is 11.6 Å². The van der Waals surface area contributed by atoms with Crippen molar-refractivity contribution < 1.29 is 8.78 Å². The first-order chi connectivity index (χ1) is 10.1. The lowest BCUT2D eigenvalue weighted by atomic mass is 9.99. The third-order valence-corrected chi connectivity index (χ3v) is 3.85. The van der Waals surface area contributed by atoms with E-state index in [0.29, 0.717) is 16.5 Å². The van der Waals surface area contributed by atoms with Gasteiger partial charge in [-0.1, -0.05) is 13.0 Å². The minimum Gasteiger partial charge on any atom is -0.310 e. The molecule has 1 unspecified atom stereocenters. The van der Waals surface area contributed by atoms with Gasteiger partial charge in [-0.25, -0.2) is 8.78 Å². The minimum absolute atomic E-state index is 0.162. The van der Waals surface area contributed by atoms with E-state index in [-0.39, 0.29) is 17.7 Å². The highest BCUT2D eigenvalue weighted by atomic mass is 79.9. The Morgan fingerprint density at radius 2 is 2.05 bits per heavy atom. The van der Waals surface area contributed by atoms with Crippen LogP contribution >= 0.6 is 15.9 Å². The number of hydrogen-bond donors (Lipinski definition) is 1. The summed E-state index contributed by atoms with van der Waals surface area (Å²) in [5.74, 6) is -0.626. The van der Waals surface area contributed by atoms with E-state index in [0.717, 1.165) is 18.5 Å². The van der Waals surface area contributed by atoms with Gasteiger partial charge >= 0.3 is 0 Å². The average molecular weight is 355 g/mol. The second-order valence-corrected chi connectivity index (χ2v) is 5.71. The molecule has 2 rings (SSSR count). The molecule has 112 valence electrons. The van der Waals surface area contributed by atoms with Crippen molar-refractivity contribution in [1.29, 1.82) is 0 Å². The molecule has 1 aromatic heterocycles. The van der Waals surface area contributed by atoms with Crippen LogP contribution in [0.5, 0.6) is 0 Å². The van der Waals surface area contributed by atoms with Crippen LogP contribution in [-0.4, -0.2) is 11.5 Å². The molecular formula is C16H17BrF2N2. The Balaban J connectivity index is 2.24. The van der Waals surface area contributed by atoms with Crippen LogP contribution in [-0.2, 0) is 6.42 Å². The molecule has 0 aliphatic carbocycles. The smallest absolute Gasteiger partial charge is 0.146 e. The van der Waals surface area contributed by atoms with Crippen LogP contribution in [0.25, 0.3) is 0 Å². The lowest BCUT2D eigenvalue weighted by molar-refractivity contribution is 0.494. The fraction of sp³-hybridized carbons (Fsp3) is 0.312. The van der Waals surface area contributed by atoms with Gasteiger partial charge in [0.05, 0.1) is 10.7 Å². The third-order valence-electron chi connectivity index (χ3n) is 3.24. The van der Waals surface area contributed by atoms with Crippen LogP contribution in [0.4, 0.5) is 8.78 Å². The molecule has 0 bridgehead atoms. The predicted octanol–water partition coefficient (Wildman–Crippen LogP) is 4.41. The van der Waals surface area contributed by atoms with E-state index < -0.39 is 0 Å². The summed E-state index contributed by atoms with van der Waals surface area (Å²) in [6.45, 7) is 2.84. The summed E-state index contributed by atoms with van der Waals surface area (Å²) < 4.78 is 27.7. The van der Waals surface area contributed by atoms with Gasteiger partial charge in [0.15, 0.2) is 0 Å². The zero-order valence-electron chi connectivity index (χ0n) is 11.7. The van der Waals surface area contributed by atoms with Gasteiger partial charge in [-0.15, -0.1) is 0 Å². The molecule has 0 radical (unpaired) electrons. The van der Waals surface area contributed by atoms with Gasteiger partial charge in [0.2, 0.25) is 0 Å². The molecule has 0 saturated heterocycles. The second kappa shape index (κ2) is 7.61. The molecule has 0 amide bonds. The van der Waals surface area contributed by atoms with Crippen molar-refractivity contribution in [3.63, 3.8) is 0 Å². The number of benzene rings is 1. The van der Waals surface area contributed by atoms with E-state index in [1.807, 2.05) is 0 Å². The lowest BCUT2D eigenvalue weighted by Gasteiger charge is -2.19. The first-order valence-corrected chi connectivity index (χ1v) is 7.67. The number of nitrogens with one attached hydrogen (secondary N) is 1. The van der Waals surface area contributed by atoms with Gasteiger partial charge in [-0.3, -0.25) is 4.98 Å². The van der Waals surface area contributed by atoms with Crippen molar-refractivity contribution in [2.45, 2.75) is 25.8 Å². The van der Waals surface area contributed by atoms with Gasteiger partial charge in [0, 0.05) is 17.8 Å². The van der Waals surface area contributed by atoms with Gasteiger partial charge in [-0.05, 0) is 59.1 Å². The van der Waals surface area contributed by atoms with Crippen molar-refractivity contribution in [3.8, 4) is 0 Å². The number of pyridine rings is 1. The van der Waals surface area contributed by atoms with Crippen molar-refractivity contribution in [2.75, 3.05) is 6.54 Å². The maximum atomic E-state index is 13.9. The Morgan fingerprint density at radius 1 is 1.24 bits per heavy atom. The van der Waals surface area contributed by atoms with E-state index in [1.165, 1.54) is 12.3 Å². The molecular weight excluding hydrogens is 338 g/mol. The zero-order chi connectivity index (χ0) is 15.2. The summed E-state index contributed by atoms with van der Waals surface area (Å²) in [5, 5.41) is 3.33. The molecule has 1 heterocycles. The number of hydrogen-bond acceptors (Lipinski definition) is 2. The molecule has 0 spiro atoms. The Labute approximate surface area is 131 Å². The van der Waals surface area contributed by atoms with E-state index in [2.05, 4.69) is 33.2 Å². The summed E-state index contributed by atoms with van der Waals surface area (Å²) in [6.07, 6.45) is 4.34. The highest BCUT2D eigenvalue weighted by Gasteiger charge is 2.16. The van der Waals surface area contributed by atoms with E-state index in [1.54, 1.807) is 24.4 Å². The van der Waals surface area contributed by atoms with Crippen molar-refractivity contribution in [2.24, 2.45) is 0 Å². The molecule has 1 N–H and O–H groups in total. The highest BCUT2D eigenvalue weighted by molar-refractivity contribution is 9.10. The first kappa shape index (κ1) is 16.0. The topological polar surface area (TPSA) is 24.9 Å². The SMILES string of the molecule is CCCNC(Cc1ccc(F)c(Br)c1)c1ccncc1F. The van der Waals surface area contributed by atoms with E-state index in [9.17, 15) is 8.78 Å². The average Bonchev–Trinajstić information content (AvgIpc) is 2.48. The second-order valence-electron chi connectivity index (χ2n) is 4.86. The molecule has 0 saturated carbocycles. The Morgan fingerprint density at radius 3 is 2.71 bits per heavy atom. The van der Waals surface area contributed by atoms with Crippen molar-refractivity contribution >= 4 is 15.9 Å². The summed E-state index contributed by atoms with van der Waals surface area (Å²) in [7, 11) is 0.